The Kier molecular flexibility index (Phi) is 6.57. The molecule has 1 heterocycles. The van der Waals surface area contributed by atoms with Gasteiger partial charge >= 0.3 is 0 Å². The highest BCUT2D eigenvalue weighted by molar-refractivity contribution is 7.89. The molecule has 3 rings (SSSR count). The second-order valence-corrected chi connectivity index (χ2v) is 7.86. The zero-order valence-corrected chi connectivity index (χ0v) is 15.6. The van der Waals surface area contributed by atoms with Crippen molar-refractivity contribution in [2.24, 2.45) is 0 Å². The molecule has 142 valence electrons. The number of sulfonamides is 1. The second-order valence-electron chi connectivity index (χ2n) is 5.56. The normalized spacial score (nSPS) is 18.4. The summed E-state index contributed by atoms with van der Waals surface area (Å²) < 4.78 is 67.0. The summed E-state index contributed by atoms with van der Waals surface area (Å²) in [5.41, 5.74) is 0.572. The fraction of sp³-hybridized carbons (Fsp3) is 0.250. The van der Waals surface area contributed by atoms with Crippen LogP contribution in [0.15, 0.2) is 41.3 Å². The summed E-state index contributed by atoms with van der Waals surface area (Å²) in [5, 5.41) is 3.46. The summed E-state index contributed by atoms with van der Waals surface area (Å²) in [4.78, 5) is -0.636. The standard InChI is InChI=1S/C16H14ClF3N2O2S.ClH/c17-12-4-2-1-3-11(12)15-9-21-5-6-22(15)25(23,24)10-7-13(18)16(20)14(19)8-10;/h1-4,7-8,15,21H,5-6,9H2;1H. The Labute approximate surface area is 160 Å². The molecule has 1 saturated heterocycles. The predicted octanol–water partition coefficient (Wildman–Crippen LogP) is 3.51. The van der Waals surface area contributed by atoms with Crippen LogP contribution >= 0.6 is 24.0 Å². The maximum absolute atomic E-state index is 13.5. The summed E-state index contributed by atoms with van der Waals surface area (Å²) >= 11 is 6.17. The zero-order chi connectivity index (χ0) is 18.2. The van der Waals surface area contributed by atoms with Crippen molar-refractivity contribution in [1.82, 2.24) is 9.62 Å². The van der Waals surface area contributed by atoms with Gasteiger partial charge in [0, 0.05) is 24.7 Å². The van der Waals surface area contributed by atoms with Crippen LogP contribution in [0, 0.1) is 17.5 Å². The van der Waals surface area contributed by atoms with Crippen molar-refractivity contribution in [3.05, 3.63) is 64.4 Å². The molecule has 0 saturated carbocycles. The van der Waals surface area contributed by atoms with E-state index in [9.17, 15) is 21.6 Å². The van der Waals surface area contributed by atoms with E-state index in [1.807, 2.05) is 0 Å². The molecule has 0 amide bonds. The molecule has 2 aromatic rings. The first-order chi connectivity index (χ1) is 11.8. The predicted molar refractivity (Wildman–Crippen MR) is 94.5 cm³/mol. The fourth-order valence-electron chi connectivity index (χ4n) is 2.80. The summed E-state index contributed by atoms with van der Waals surface area (Å²) in [6.07, 6.45) is 0. The number of nitrogens with zero attached hydrogens (tertiary/aromatic N) is 1. The van der Waals surface area contributed by atoms with Crippen LogP contribution in [0.2, 0.25) is 5.02 Å². The van der Waals surface area contributed by atoms with E-state index in [-0.39, 0.29) is 25.5 Å². The molecule has 1 aliphatic heterocycles. The SMILES string of the molecule is Cl.O=S(=O)(c1cc(F)c(F)c(F)c1)N1CCNCC1c1ccccc1Cl. The lowest BCUT2D eigenvalue weighted by atomic mass is 10.1. The monoisotopic (exact) mass is 426 g/mol. The Morgan fingerprint density at radius 3 is 2.35 bits per heavy atom. The van der Waals surface area contributed by atoms with Gasteiger partial charge in [0.15, 0.2) is 17.5 Å². The molecule has 0 aromatic heterocycles. The maximum Gasteiger partial charge on any atom is 0.243 e. The van der Waals surface area contributed by atoms with Gasteiger partial charge in [-0.25, -0.2) is 21.6 Å². The molecule has 10 heteroatoms. The van der Waals surface area contributed by atoms with Crippen LogP contribution in [-0.4, -0.2) is 32.4 Å². The van der Waals surface area contributed by atoms with Crippen LogP contribution in [0.3, 0.4) is 0 Å². The van der Waals surface area contributed by atoms with E-state index >= 15 is 0 Å². The van der Waals surface area contributed by atoms with Gasteiger partial charge in [-0.3, -0.25) is 0 Å². The Morgan fingerprint density at radius 2 is 1.73 bits per heavy atom. The van der Waals surface area contributed by atoms with E-state index in [1.54, 1.807) is 24.3 Å². The molecular formula is C16H15Cl2F3N2O2S. The van der Waals surface area contributed by atoms with Gasteiger partial charge < -0.3 is 5.32 Å². The van der Waals surface area contributed by atoms with E-state index in [0.29, 0.717) is 29.3 Å². The third-order valence-electron chi connectivity index (χ3n) is 4.02. The summed E-state index contributed by atoms with van der Waals surface area (Å²) in [6.45, 7) is 0.736. The number of hydrogen-bond donors (Lipinski definition) is 1. The van der Waals surface area contributed by atoms with Crippen LogP contribution in [0.1, 0.15) is 11.6 Å². The third kappa shape index (κ3) is 3.84. The molecule has 1 aliphatic rings. The zero-order valence-electron chi connectivity index (χ0n) is 13.3. The first-order valence-electron chi connectivity index (χ1n) is 7.44. The largest absolute Gasteiger partial charge is 0.313 e. The number of piperazine rings is 1. The highest BCUT2D eigenvalue weighted by atomic mass is 35.5. The van der Waals surface area contributed by atoms with Crippen LogP contribution in [0.5, 0.6) is 0 Å². The molecular weight excluding hydrogens is 412 g/mol. The topological polar surface area (TPSA) is 49.4 Å². The Hall–Kier alpha value is -1.32. The van der Waals surface area contributed by atoms with Crippen molar-refractivity contribution >= 4 is 34.0 Å². The number of rotatable bonds is 3. The first kappa shape index (κ1) is 21.0. The average molecular weight is 427 g/mol. The van der Waals surface area contributed by atoms with Crippen molar-refractivity contribution in [3.8, 4) is 0 Å². The molecule has 1 atom stereocenters. The first-order valence-corrected chi connectivity index (χ1v) is 9.25. The van der Waals surface area contributed by atoms with Crippen molar-refractivity contribution in [1.29, 1.82) is 0 Å². The van der Waals surface area contributed by atoms with E-state index in [2.05, 4.69) is 5.32 Å². The molecule has 4 nitrogen and oxygen atoms in total. The number of hydrogen-bond acceptors (Lipinski definition) is 3. The Bertz CT molecular complexity index is 889. The quantitative estimate of drug-likeness (QED) is 0.763. The van der Waals surface area contributed by atoms with Crippen LogP contribution in [0.25, 0.3) is 0 Å². The summed E-state index contributed by atoms with van der Waals surface area (Å²) in [7, 11) is -4.25. The van der Waals surface area contributed by atoms with E-state index in [1.165, 1.54) is 0 Å². The van der Waals surface area contributed by atoms with Crippen molar-refractivity contribution in [2.75, 3.05) is 19.6 Å². The van der Waals surface area contributed by atoms with Crippen molar-refractivity contribution in [3.63, 3.8) is 0 Å². The van der Waals surface area contributed by atoms with E-state index in [0.717, 1.165) is 4.31 Å². The van der Waals surface area contributed by atoms with Crippen LogP contribution in [-0.2, 0) is 10.0 Å². The minimum Gasteiger partial charge on any atom is -0.313 e. The van der Waals surface area contributed by atoms with Crippen LogP contribution in [0.4, 0.5) is 13.2 Å². The van der Waals surface area contributed by atoms with Gasteiger partial charge in [0.25, 0.3) is 0 Å². The lowest BCUT2D eigenvalue weighted by Crippen LogP contribution is -2.48. The van der Waals surface area contributed by atoms with Crippen molar-refractivity contribution in [2.45, 2.75) is 10.9 Å². The molecule has 2 aromatic carbocycles. The highest BCUT2D eigenvalue weighted by Gasteiger charge is 2.36. The van der Waals surface area contributed by atoms with Gasteiger partial charge in [0.1, 0.15) is 0 Å². The number of halogens is 5. The van der Waals surface area contributed by atoms with Gasteiger partial charge in [-0.2, -0.15) is 4.31 Å². The van der Waals surface area contributed by atoms with Gasteiger partial charge in [0.05, 0.1) is 10.9 Å². The molecule has 26 heavy (non-hydrogen) atoms. The molecule has 1 N–H and O–H groups in total. The van der Waals surface area contributed by atoms with Gasteiger partial charge in [-0.05, 0) is 23.8 Å². The molecule has 1 fully saturated rings. The minimum atomic E-state index is -4.25. The molecule has 0 bridgehead atoms. The lowest BCUT2D eigenvalue weighted by Gasteiger charge is -2.35. The summed E-state index contributed by atoms with van der Waals surface area (Å²) in [6, 6.07) is 7.08. The second kappa shape index (κ2) is 8.14. The van der Waals surface area contributed by atoms with E-state index < -0.39 is 38.4 Å². The van der Waals surface area contributed by atoms with Crippen molar-refractivity contribution < 1.29 is 21.6 Å². The lowest BCUT2D eigenvalue weighted by molar-refractivity contribution is 0.271. The third-order valence-corrected chi connectivity index (χ3v) is 6.25. The molecule has 0 radical (unpaired) electrons. The van der Waals surface area contributed by atoms with Gasteiger partial charge in [-0.1, -0.05) is 29.8 Å². The molecule has 1 unspecified atom stereocenters. The maximum atomic E-state index is 13.5. The Morgan fingerprint density at radius 1 is 1.12 bits per heavy atom. The number of benzene rings is 2. The fourth-order valence-corrected chi connectivity index (χ4v) is 4.69. The Balaban J connectivity index is 0.00000243. The summed E-state index contributed by atoms with van der Waals surface area (Å²) in [5.74, 6) is -4.81. The van der Waals surface area contributed by atoms with Gasteiger partial charge in [-0.15, -0.1) is 12.4 Å². The minimum absolute atomic E-state index is 0. The number of nitrogens with one attached hydrogen (secondary N) is 1. The highest BCUT2D eigenvalue weighted by Crippen LogP contribution is 2.33. The van der Waals surface area contributed by atoms with E-state index in [4.69, 9.17) is 11.6 Å². The molecule has 0 aliphatic carbocycles. The smallest absolute Gasteiger partial charge is 0.243 e. The van der Waals surface area contributed by atoms with Gasteiger partial charge in [0.2, 0.25) is 10.0 Å². The van der Waals surface area contributed by atoms with Crippen LogP contribution < -0.4 is 5.32 Å². The molecule has 0 spiro atoms. The average Bonchev–Trinajstić information content (AvgIpc) is 2.59.